The Morgan fingerprint density at radius 3 is 2.27 bits per heavy atom. The van der Waals surface area contributed by atoms with Crippen molar-refractivity contribution < 1.29 is 33.4 Å². The molecule has 2 aliphatic heterocycles. The number of nitrogens with one attached hydrogen (secondary N) is 3. The van der Waals surface area contributed by atoms with Gasteiger partial charge in [0.15, 0.2) is 0 Å². The average Bonchev–Trinajstić information content (AvgIpc) is 3.72. The second-order valence-electron chi connectivity index (χ2n) is 16.4. The van der Waals surface area contributed by atoms with Crippen molar-refractivity contribution in [1.29, 1.82) is 5.26 Å². The molecule has 0 aliphatic carbocycles. The van der Waals surface area contributed by atoms with Crippen molar-refractivity contribution >= 4 is 29.5 Å². The van der Waals surface area contributed by atoms with Gasteiger partial charge in [0.05, 0.1) is 6.07 Å². The smallest absolute Gasteiger partial charge is 0.254 e. The lowest BCUT2D eigenvalue weighted by molar-refractivity contribution is -0.143. The average molecular weight is 866 g/mol. The first kappa shape index (κ1) is 48.0. The molecule has 0 spiro atoms. The van der Waals surface area contributed by atoms with Crippen molar-refractivity contribution in [1.82, 2.24) is 25.8 Å². The van der Waals surface area contributed by atoms with Crippen LogP contribution >= 0.6 is 0 Å². The number of rotatable bonds is 17. The monoisotopic (exact) mass is 865 g/mol. The molecule has 3 aromatic rings. The number of aryl methyl sites for hydroxylation is 2. The van der Waals surface area contributed by atoms with E-state index in [0.717, 1.165) is 36.8 Å². The second-order valence-corrected chi connectivity index (χ2v) is 16.4. The number of carbonyl (C=O) groups excluding carboxylic acids is 5. The zero-order valence-electron chi connectivity index (χ0n) is 36.9. The fraction of sp³-hybridized carbons (Fsp3) is 0.489. The fourth-order valence-electron chi connectivity index (χ4n) is 8.28. The Morgan fingerprint density at radius 1 is 0.921 bits per heavy atom. The first-order chi connectivity index (χ1) is 30.3. The number of likely N-dealkylation sites (tertiary alicyclic amines) is 1. The Balaban J connectivity index is 1.59. The molecule has 1 fully saturated rings. The highest BCUT2D eigenvalue weighted by atomic mass is 16.5. The summed E-state index contributed by atoms with van der Waals surface area (Å²) >= 11 is 0. The lowest BCUT2D eigenvalue weighted by Crippen LogP contribution is -2.55. The van der Waals surface area contributed by atoms with E-state index in [1.165, 1.54) is 25.3 Å². The Morgan fingerprint density at radius 2 is 1.62 bits per heavy atom. The quantitative estimate of drug-likeness (QED) is 0.0851. The van der Waals surface area contributed by atoms with Gasteiger partial charge >= 0.3 is 0 Å². The maximum Gasteiger partial charge on any atom is 0.254 e. The van der Waals surface area contributed by atoms with Gasteiger partial charge in [0, 0.05) is 49.8 Å². The molecule has 16 heteroatoms. The van der Waals surface area contributed by atoms with Crippen LogP contribution in [-0.4, -0.2) is 110 Å². The van der Waals surface area contributed by atoms with Crippen molar-refractivity contribution in [2.24, 2.45) is 23.1 Å². The van der Waals surface area contributed by atoms with E-state index < -0.39 is 47.8 Å². The number of nitrogens with zero attached hydrogens (tertiary/aromatic N) is 3. The van der Waals surface area contributed by atoms with Crippen LogP contribution in [0.4, 0.5) is 0 Å². The minimum absolute atomic E-state index is 0.0233. The third kappa shape index (κ3) is 11.9. The van der Waals surface area contributed by atoms with Crippen molar-refractivity contribution in [3.05, 3.63) is 82.4 Å². The lowest BCUT2D eigenvalue weighted by Gasteiger charge is -2.34. The topological polar surface area (TPSA) is 248 Å². The van der Waals surface area contributed by atoms with Crippen LogP contribution in [0.15, 0.2) is 54.6 Å². The number of amides is 5. The molecular formula is C47H63N9O7. The maximum absolute atomic E-state index is 14.9. The van der Waals surface area contributed by atoms with Crippen LogP contribution in [0.5, 0.6) is 11.5 Å². The summed E-state index contributed by atoms with van der Waals surface area (Å²) in [6.07, 6.45) is 5.75. The second kappa shape index (κ2) is 22.9. The number of unbranched alkanes of at least 4 members (excludes halogenated alkanes) is 3. The largest absolute Gasteiger partial charge is 0.492 e. The lowest BCUT2D eigenvalue weighted by atomic mass is 9.93. The molecule has 2 heterocycles. The van der Waals surface area contributed by atoms with Crippen molar-refractivity contribution in [3.8, 4) is 28.7 Å². The van der Waals surface area contributed by atoms with Gasteiger partial charge in [0.1, 0.15) is 55.4 Å². The summed E-state index contributed by atoms with van der Waals surface area (Å²) in [5.41, 5.74) is 22.4. The number of hydrogen-bond acceptors (Lipinski definition) is 11. The van der Waals surface area contributed by atoms with Crippen molar-refractivity contribution in [2.75, 3.05) is 53.0 Å². The maximum atomic E-state index is 14.9. The van der Waals surface area contributed by atoms with Crippen LogP contribution in [0.3, 0.4) is 0 Å². The van der Waals surface area contributed by atoms with Gasteiger partial charge in [-0.15, -0.1) is 0 Å². The van der Waals surface area contributed by atoms with E-state index in [9.17, 15) is 29.2 Å². The summed E-state index contributed by atoms with van der Waals surface area (Å²) < 4.78 is 12.2. The van der Waals surface area contributed by atoms with Gasteiger partial charge in [-0.05, 0) is 98.2 Å². The molecule has 5 unspecified atom stereocenters. The molecular weight excluding hydrogens is 803 g/mol. The summed E-state index contributed by atoms with van der Waals surface area (Å²) in [5.74, 6) is -2.08. The summed E-state index contributed by atoms with van der Waals surface area (Å²) in [7, 11) is 1.50. The van der Waals surface area contributed by atoms with Crippen molar-refractivity contribution in [2.45, 2.75) is 89.9 Å². The molecule has 5 rings (SSSR count). The standard InChI is InChI=1S/C47H63N9O7/c1-5-6-7-8-9-31-10-13-35(29(2)22-31)46(60)56-28-33(27-51)25-39(56)47(61)55(4)42-34-12-15-41(63-21-18-50)37(26-34)36-23-32(11-14-40(36)62-20-17-49)24-38(44(58)52-19-16-48)54-43(57)30(3)53-45(42)59/h10-15,22-23,26,30,33,38-39,42H,5-9,17-21,24-25,27-28,49-51H2,1-4H3,(H,52,58)(H,53,59)(H,54,57). The molecule has 5 atom stereocenters. The molecule has 16 nitrogen and oxygen atoms in total. The zero-order valence-corrected chi connectivity index (χ0v) is 36.9. The minimum Gasteiger partial charge on any atom is -0.492 e. The van der Waals surface area contributed by atoms with E-state index >= 15 is 0 Å². The molecule has 1 saturated heterocycles. The predicted octanol–water partition coefficient (Wildman–Crippen LogP) is 2.63. The normalized spacial score (nSPS) is 19.8. The highest BCUT2D eigenvalue weighted by Gasteiger charge is 2.44. The predicted molar refractivity (Wildman–Crippen MR) is 239 cm³/mol. The van der Waals surface area contributed by atoms with Crippen molar-refractivity contribution in [3.63, 3.8) is 0 Å². The highest BCUT2D eigenvalue weighted by Crippen LogP contribution is 2.40. The third-order valence-corrected chi connectivity index (χ3v) is 11.7. The van der Waals surface area contributed by atoms with E-state index in [4.69, 9.17) is 26.7 Å². The van der Waals surface area contributed by atoms with Crippen LogP contribution < -0.4 is 42.6 Å². The Labute approximate surface area is 370 Å². The van der Waals surface area contributed by atoms with Crippen LogP contribution in [0, 0.1) is 24.2 Å². The first-order valence-corrected chi connectivity index (χ1v) is 21.9. The zero-order chi connectivity index (χ0) is 45.6. The summed E-state index contributed by atoms with van der Waals surface area (Å²) in [5, 5.41) is 17.2. The van der Waals surface area contributed by atoms with E-state index in [-0.39, 0.29) is 70.6 Å². The van der Waals surface area contributed by atoms with Gasteiger partial charge in [-0.1, -0.05) is 50.5 Å². The summed E-state index contributed by atoms with van der Waals surface area (Å²) in [6.45, 7) is 6.53. The van der Waals surface area contributed by atoms with Gasteiger partial charge in [-0.3, -0.25) is 24.0 Å². The summed E-state index contributed by atoms with van der Waals surface area (Å²) in [4.78, 5) is 74.0. The van der Waals surface area contributed by atoms with E-state index in [2.05, 4.69) is 22.9 Å². The highest BCUT2D eigenvalue weighted by molar-refractivity contribution is 6.00. The molecule has 2 aliphatic rings. The Kier molecular flexibility index (Phi) is 17.4. The number of carbonyl (C=O) groups is 5. The molecule has 0 aromatic heterocycles. The number of fused-ring (bicyclic) bond motifs is 5. The number of nitriles is 1. The van der Waals surface area contributed by atoms with Gasteiger partial charge in [-0.2, -0.15) is 5.26 Å². The van der Waals surface area contributed by atoms with E-state index in [1.807, 2.05) is 31.2 Å². The molecule has 3 aromatic carbocycles. The molecule has 0 radical (unpaired) electrons. The SMILES string of the molecule is CCCCCCc1ccc(C(=O)N2CC(CN)CC2C(=O)N(C)C2C(=O)NC(C)C(=O)NC(C(=O)NCC#N)Cc3ccc(OCCN)c(c3)-c3cc2ccc3OCCN)c(C)c1. The van der Waals surface area contributed by atoms with Crippen LogP contribution in [-0.2, 0) is 32.0 Å². The molecule has 5 amide bonds. The van der Waals surface area contributed by atoms with Crippen LogP contribution in [0.1, 0.15) is 84.6 Å². The number of benzene rings is 3. The number of likely N-dealkylation sites (N-methyl/N-ethyl adjacent to an activating group) is 1. The molecule has 0 saturated carbocycles. The van der Waals surface area contributed by atoms with Crippen LogP contribution in [0.2, 0.25) is 0 Å². The van der Waals surface area contributed by atoms with Gasteiger partial charge in [0.2, 0.25) is 23.6 Å². The molecule has 338 valence electrons. The Hall–Kier alpha value is -6.02. The Bertz CT molecular complexity index is 2160. The summed E-state index contributed by atoms with van der Waals surface area (Å²) in [6, 6.07) is 13.5. The van der Waals surface area contributed by atoms with Gasteiger partial charge in [-0.25, -0.2) is 0 Å². The molecule has 4 bridgehead atoms. The number of hydrogen-bond donors (Lipinski definition) is 6. The first-order valence-electron chi connectivity index (χ1n) is 21.9. The minimum atomic E-state index is -1.33. The third-order valence-electron chi connectivity index (χ3n) is 11.7. The van der Waals surface area contributed by atoms with E-state index in [0.29, 0.717) is 39.3 Å². The fourth-order valence-corrected chi connectivity index (χ4v) is 8.28. The van der Waals surface area contributed by atoms with Gasteiger partial charge < -0.3 is 52.4 Å². The molecule has 63 heavy (non-hydrogen) atoms. The van der Waals surface area contributed by atoms with E-state index in [1.54, 1.807) is 41.3 Å². The van der Waals surface area contributed by atoms with Gasteiger partial charge in [0.25, 0.3) is 5.91 Å². The number of nitrogens with two attached hydrogens (primary N) is 3. The number of ether oxygens (including phenoxy) is 2. The van der Waals surface area contributed by atoms with Crippen LogP contribution in [0.25, 0.3) is 11.1 Å². The molecule has 9 N–H and O–H groups in total.